The fourth-order valence-corrected chi connectivity index (χ4v) is 19.1. The predicted molar refractivity (Wildman–Crippen MR) is 417 cm³/mol. The van der Waals surface area contributed by atoms with Crippen LogP contribution in [0.25, 0.3) is 44.5 Å². The summed E-state index contributed by atoms with van der Waals surface area (Å²) >= 11 is 0. The first-order valence-electron chi connectivity index (χ1n) is 36.4. The van der Waals surface area contributed by atoms with Gasteiger partial charge >= 0.3 is 0 Å². The van der Waals surface area contributed by atoms with Crippen LogP contribution in [0.3, 0.4) is 0 Å². The molecule has 0 radical (unpaired) electrons. The molecule has 484 valence electrons. The topological polar surface area (TPSA) is 6.48 Å². The van der Waals surface area contributed by atoms with Crippen LogP contribution in [0, 0.1) is 6.92 Å². The van der Waals surface area contributed by atoms with Crippen molar-refractivity contribution in [3.63, 3.8) is 0 Å². The number of rotatable bonds is 33. The molecule has 11 aromatic carbocycles. The molecular formula is C92H102N2Si. The van der Waals surface area contributed by atoms with Gasteiger partial charge in [0, 0.05) is 35.5 Å². The Hall–Kier alpha value is -8.76. The van der Waals surface area contributed by atoms with Crippen molar-refractivity contribution in [1.82, 2.24) is 0 Å². The average Bonchev–Trinajstić information content (AvgIpc) is 0.739. The van der Waals surface area contributed by atoms with Gasteiger partial charge in [-0.1, -0.05) is 317 Å². The number of unbranched alkanes of at least 4 members (excludes halogenated alkanes) is 12. The summed E-state index contributed by atoms with van der Waals surface area (Å²) in [6.45, 7) is 11.4. The van der Waals surface area contributed by atoms with E-state index in [2.05, 4.69) is 318 Å². The fraction of sp³-hybridized carbons (Fsp3) is 0.283. The second-order valence-electron chi connectivity index (χ2n) is 26.8. The van der Waals surface area contributed by atoms with E-state index in [1.807, 2.05) is 0 Å². The zero-order valence-electron chi connectivity index (χ0n) is 57.9. The van der Waals surface area contributed by atoms with Gasteiger partial charge in [0.2, 0.25) is 0 Å². The minimum Gasteiger partial charge on any atom is -0.345 e. The molecule has 3 heteroatoms. The summed E-state index contributed by atoms with van der Waals surface area (Å²) in [5.41, 5.74) is 23.1. The van der Waals surface area contributed by atoms with Crippen molar-refractivity contribution in [2.45, 2.75) is 163 Å². The summed E-state index contributed by atoms with van der Waals surface area (Å²) in [6, 6.07) is 103. The molecule has 0 atom stereocenters. The lowest BCUT2D eigenvalue weighted by molar-refractivity contribution is 0.664. The third-order valence-electron chi connectivity index (χ3n) is 20.0. The van der Waals surface area contributed by atoms with E-state index < -0.39 is 8.07 Å². The molecule has 95 heavy (non-hydrogen) atoms. The van der Waals surface area contributed by atoms with Crippen LogP contribution in [0.2, 0.25) is 0 Å². The second kappa shape index (κ2) is 34.1. The highest BCUT2D eigenvalue weighted by molar-refractivity contribution is 7.19. The second-order valence-corrected chi connectivity index (χ2v) is 30.6. The molecule has 0 unspecified atom stereocenters. The molecule has 0 saturated carbocycles. The molecule has 0 heterocycles. The van der Waals surface area contributed by atoms with Crippen molar-refractivity contribution in [3.8, 4) is 44.5 Å². The van der Waals surface area contributed by atoms with Gasteiger partial charge in [-0.05, 0) is 206 Å². The Morgan fingerprint density at radius 1 is 0.263 bits per heavy atom. The van der Waals surface area contributed by atoms with E-state index in [1.54, 1.807) is 0 Å². The van der Waals surface area contributed by atoms with Crippen molar-refractivity contribution in [1.29, 1.82) is 0 Å². The lowest BCUT2D eigenvalue weighted by atomic mass is 9.86. The number of aryl methyl sites for hydroxylation is 5. The molecule has 0 aliphatic rings. The van der Waals surface area contributed by atoms with Crippen molar-refractivity contribution in [2.75, 3.05) is 16.8 Å². The first-order chi connectivity index (χ1) is 46.8. The van der Waals surface area contributed by atoms with Crippen molar-refractivity contribution in [3.05, 3.63) is 295 Å². The minimum atomic E-state index is -2.92. The van der Waals surface area contributed by atoms with Crippen LogP contribution in [0.15, 0.2) is 267 Å². The van der Waals surface area contributed by atoms with Crippen LogP contribution in [0.1, 0.15) is 158 Å². The molecule has 0 amide bonds. The summed E-state index contributed by atoms with van der Waals surface area (Å²) in [5.74, 6) is 0. The maximum absolute atomic E-state index is 2.92. The Kier molecular flexibility index (Phi) is 24.3. The summed E-state index contributed by atoms with van der Waals surface area (Å²) in [6.07, 6.45) is 24.6. The quantitative estimate of drug-likeness (QED) is 0.0230. The molecule has 0 aliphatic carbocycles. The largest absolute Gasteiger partial charge is 0.345 e. The summed E-state index contributed by atoms with van der Waals surface area (Å²) in [7, 11) is -0.730. The van der Waals surface area contributed by atoms with E-state index in [1.165, 1.54) is 196 Å². The highest BCUT2D eigenvalue weighted by Crippen LogP contribution is 2.40. The Morgan fingerprint density at radius 2 is 0.547 bits per heavy atom. The predicted octanol–water partition coefficient (Wildman–Crippen LogP) is 23.8. The van der Waals surface area contributed by atoms with Gasteiger partial charge in [0.05, 0.1) is 0 Å². The van der Waals surface area contributed by atoms with E-state index in [0.29, 0.717) is 0 Å². The van der Waals surface area contributed by atoms with Gasteiger partial charge in [-0.25, -0.2) is 0 Å². The normalized spacial score (nSPS) is 11.5. The summed E-state index contributed by atoms with van der Waals surface area (Å²) in [5, 5.41) is 5.39. The van der Waals surface area contributed by atoms with Gasteiger partial charge in [-0.2, -0.15) is 0 Å². The molecule has 0 aromatic heterocycles. The molecule has 0 saturated heterocycles. The number of nitrogens with zero attached hydrogens (tertiary/aromatic N) is 2. The molecular weight excluding hydrogens is 1160 g/mol. The van der Waals surface area contributed by atoms with Gasteiger partial charge in [0.25, 0.3) is 0 Å². The van der Waals surface area contributed by atoms with Gasteiger partial charge in [-0.3, -0.25) is 0 Å². The standard InChI is InChI=1S/C92H102N2Si/c1-7-11-15-21-29-72-39-45-74(46-40-72)76-49-55-82(56-50-76)93(6)83-61-65-89(66-62-83)95(87-33-25-19-26-34-87,88-35-27-20-28-36-88)90-67-63-86(64-68-90)94(84-57-51-77(52-58-84)75-47-41-73(42-48-75)30-22-16-12-8-2)85-59-53-79(54-60-85)92-70-80(31-23-17-13-9-3)91(78-43-37-71(5)38-44-78)69-81(92)32-24-18-14-10-4/h19-20,25-28,33-70H,7-18,21-24,29-32H2,1-6H3. The van der Waals surface area contributed by atoms with Crippen molar-refractivity contribution < 1.29 is 0 Å². The van der Waals surface area contributed by atoms with Gasteiger partial charge in [0.15, 0.2) is 8.07 Å². The minimum absolute atomic E-state index is 1.07. The van der Waals surface area contributed by atoms with E-state index >= 15 is 0 Å². The Balaban J connectivity index is 0.958. The van der Waals surface area contributed by atoms with Crippen LogP contribution in [0.5, 0.6) is 0 Å². The maximum Gasteiger partial charge on any atom is 0.179 e. The molecule has 0 bridgehead atoms. The molecule has 0 aliphatic heterocycles. The Labute approximate surface area is 572 Å². The number of hydrogen-bond donors (Lipinski definition) is 0. The lowest BCUT2D eigenvalue weighted by Crippen LogP contribution is -2.74. The Bertz CT molecular complexity index is 4020. The van der Waals surface area contributed by atoms with Crippen molar-refractivity contribution >= 4 is 57.3 Å². The van der Waals surface area contributed by atoms with E-state index in [0.717, 1.165) is 54.1 Å². The molecule has 0 fully saturated rings. The van der Waals surface area contributed by atoms with E-state index in [4.69, 9.17) is 0 Å². The maximum atomic E-state index is 2.58. The molecule has 11 aromatic rings. The fourth-order valence-electron chi connectivity index (χ4n) is 14.3. The van der Waals surface area contributed by atoms with Crippen LogP contribution in [-0.4, -0.2) is 15.1 Å². The van der Waals surface area contributed by atoms with E-state index in [-0.39, 0.29) is 0 Å². The van der Waals surface area contributed by atoms with Crippen molar-refractivity contribution in [2.24, 2.45) is 0 Å². The average molecular weight is 1260 g/mol. The van der Waals surface area contributed by atoms with Crippen LogP contribution < -0.4 is 30.5 Å². The zero-order chi connectivity index (χ0) is 65.6. The van der Waals surface area contributed by atoms with Gasteiger partial charge in [-0.15, -0.1) is 0 Å². The third-order valence-corrected chi connectivity index (χ3v) is 24.8. The number of hydrogen-bond acceptors (Lipinski definition) is 2. The zero-order valence-corrected chi connectivity index (χ0v) is 58.9. The molecule has 11 rings (SSSR count). The van der Waals surface area contributed by atoms with Crippen LogP contribution in [0.4, 0.5) is 28.4 Å². The highest BCUT2D eigenvalue weighted by atomic mass is 28.3. The summed E-state index contributed by atoms with van der Waals surface area (Å²) in [4.78, 5) is 4.79. The number of anilines is 5. The van der Waals surface area contributed by atoms with E-state index in [9.17, 15) is 0 Å². The first kappa shape index (κ1) is 67.6. The third kappa shape index (κ3) is 16.8. The highest BCUT2D eigenvalue weighted by Gasteiger charge is 2.41. The van der Waals surface area contributed by atoms with Gasteiger partial charge in [0.1, 0.15) is 0 Å². The first-order valence-corrected chi connectivity index (χ1v) is 38.4. The Morgan fingerprint density at radius 3 is 0.905 bits per heavy atom. The molecule has 0 N–H and O–H groups in total. The SMILES string of the molecule is CCCCCCc1ccc(-c2ccc(N(C)c3ccc([Si](c4ccccc4)(c4ccccc4)c4ccc(N(c5ccc(-c6ccc(CCCCCC)cc6)cc5)c5ccc(-c6cc(CCCCCC)c(-c7ccc(C)cc7)cc6CCCCCC)cc5)cc4)cc3)cc2)cc1. The van der Waals surface area contributed by atoms with Crippen LogP contribution >= 0.6 is 0 Å². The summed E-state index contributed by atoms with van der Waals surface area (Å²) < 4.78 is 0. The monoisotopic (exact) mass is 1260 g/mol. The lowest BCUT2D eigenvalue weighted by Gasteiger charge is -2.35. The number of benzene rings is 11. The smallest absolute Gasteiger partial charge is 0.179 e. The van der Waals surface area contributed by atoms with Gasteiger partial charge < -0.3 is 9.80 Å². The van der Waals surface area contributed by atoms with Crippen LogP contribution in [-0.2, 0) is 25.7 Å². The molecule has 0 spiro atoms. The molecule has 2 nitrogen and oxygen atoms in total.